The molecule has 4 nitrogen and oxygen atoms in total. The Bertz CT molecular complexity index is 727. The molecule has 4 heteroatoms. The average molecular weight is 307 g/mol. The van der Waals surface area contributed by atoms with E-state index in [1.54, 1.807) is 12.1 Å². The number of hydrogen-bond acceptors (Lipinski definition) is 3. The summed E-state index contributed by atoms with van der Waals surface area (Å²) in [5.74, 6) is 0.201. The lowest BCUT2D eigenvalue weighted by Gasteiger charge is -2.24. The van der Waals surface area contributed by atoms with Gasteiger partial charge in [0.05, 0.1) is 11.7 Å². The van der Waals surface area contributed by atoms with Crippen LogP contribution in [0.4, 0.5) is 11.4 Å². The van der Waals surface area contributed by atoms with Crippen LogP contribution in [0.2, 0.25) is 0 Å². The molecule has 23 heavy (non-hydrogen) atoms. The molecule has 0 aromatic heterocycles. The van der Waals surface area contributed by atoms with Crippen LogP contribution < -0.4 is 10.7 Å². The fourth-order valence-electron chi connectivity index (χ4n) is 3.01. The predicted octanol–water partition coefficient (Wildman–Crippen LogP) is 4.07. The maximum absolute atomic E-state index is 12.3. The summed E-state index contributed by atoms with van der Waals surface area (Å²) in [7, 11) is 2.02. The molecule has 1 aliphatic rings. The van der Waals surface area contributed by atoms with Gasteiger partial charge in [-0.05, 0) is 41.8 Å². The van der Waals surface area contributed by atoms with Crippen LogP contribution in [0.25, 0.3) is 0 Å². The Labute approximate surface area is 136 Å². The zero-order valence-corrected chi connectivity index (χ0v) is 13.4. The lowest BCUT2D eigenvalue weighted by atomic mass is 9.94. The van der Waals surface area contributed by atoms with Crippen LogP contribution in [0.3, 0.4) is 0 Å². The van der Waals surface area contributed by atoms with E-state index in [1.165, 1.54) is 5.56 Å². The first-order chi connectivity index (χ1) is 11.1. The topological polar surface area (TPSA) is 44.4 Å². The number of nitrogens with one attached hydrogen (secondary N) is 2. The highest BCUT2D eigenvalue weighted by atomic mass is 16.1. The van der Waals surface area contributed by atoms with E-state index in [2.05, 4.69) is 29.3 Å². The third-order valence-corrected chi connectivity index (χ3v) is 4.25. The van der Waals surface area contributed by atoms with Gasteiger partial charge in [0.25, 0.3) is 5.91 Å². The highest BCUT2D eigenvalue weighted by Crippen LogP contribution is 2.40. The molecule has 3 rings (SSSR count). The summed E-state index contributed by atoms with van der Waals surface area (Å²) in [6.07, 6.45) is 1.95. The minimum atomic E-state index is -0.0989. The van der Waals surface area contributed by atoms with Crippen LogP contribution in [0.5, 0.6) is 0 Å². The molecule has 0 saturated heterocycles. The molecule has 0 bridgehead atoms. The largest absolute Gasteiger partial charge is 0.322 e. The van der Waals surface area contributed by atoms with Crippen molar-refractivity contribution >= 4 is 17.3 Å². The molecule has 1 aliphatic heterocycles. The van der Waals surface area contributed by atoms with Crippen LogP contribution in [-0.2, 0) is 0 Å². The molecular weight excluding hydrogens is 286 g/mol. The van der Waals surface area contributed by atoms with Crippen molar-refractivity contribution in [2.75, 3.05) is 17.8 Å². The number of fused-ring (bicyclic) bond motifs is 1. The number of carbonyl (C=O) groups excluding carboxylic acids is 1. The van der Waals surface area contributed by atoms with Crippen molar-refractivity contribution in [2.45, 2.75) is 13.0 Å². The Kier molecular flexibility index (Phi) is 4.17. The zero-order chi connectivity index (χ0) is 16.4. The molecule has 2 aromatic carbocycles. The summed E-state index contributed by atoms with van der Waals surface area (Å²) >= 11 is 0. The Balaban J connectivity index is 1.85. The molecule has 1 amide bonds. The van der Waals surface area contributed by atoms with Gasteiger partial charge in [0, 0.05) is 18.3 Å². The van der Waals surface area contributed by atoms with Crippen molar-refractivity contribution in [1.82, 2.24) is 5.01 Å². The fourth-order valence-corrected chi connectivity index (χ4v) is 3.01. The van der Waals surface area contributed by atoms with Gasteiger partial charge in [0.2, 0.25) is 0 Å². The lowest BCUT2D eigenvalue weighted by molar-refractivity contribution is 0.102. The van der Waals surface area contributed by atoms with E-state index in [1.807, 2.05) is 49.5 Å². The first-order valence-corrected chi connectivity index (χ1v) is 7.72. The monoisotopic (exact) mass is 307 g/mol. The van der Waals surface area contributed by atoms with E-state index >= 15 is 0 Å². The Morgan fingerprint density at radius 3 is 2.74 bits per heavy atom. The van der Waals surface area contributed by atoms with E-state index in [9.17, 15) is 4.79 Å². The van der Waals surface area contributed by atoms with Gasteiger partial charge in [-0.1, -0.05) is 31.2 Å². The number of hydrogen-bond donors (Lipinski definition) is 2. The smallest absolute Gasteiger partial charge is 0.255 e. The van der Waals surface area contributed by atoms with E-state index in [0.717, 1.165) is 11.4 Å². The summed E-state index contributed by atoms with van der Waals surface area (Å²) in [6, 6.07) is 15.4. The van der Waals surface area contributed by atoms with E-state index < -0.39 is 0 Å². The number of hydrazine groups is 1. The maximum Gasteiger partial charge on any atom is 0.255 e. The van der Waals surface area contributed by atoms with Crippen molar-refractivity contribution in [1.29, 1.82) is 0 Å². The van der Waals surface area contributed by atoms with Gasteiger partial charge in [0.15, 0.2) is 0 Å². The first-order valence-electron chi connectivity index (χ1n) is 7.72. The molecular formula is C19H21N3O. The number of nitrogens with zero attached hydrogens (tertiary/aromatic N) is 1. The molecule has 0 fully saturated rings. The van der Waals surface area contributed by atoms with Gasteiger partial charge in [-0.15, -0.1) is 6.58 Å². The van der Waals surface area contributed by atoms with Crippen molar-refractivity contribution in [3.05, 3.63) is 72.3 Å². The second kappa shape index (κ2) is 6.26. The number of amides is 1. The normalized spacial score (nSPS) is 17.9. The van der Waals surface area contributed by atoms with Gasteiger partial charge in [-0.2, -0.15) is 0 Å². The van der Waals surface area contributed by atoms with Crippen LogP contribution in [-0.4, -0.2) is 18.0 Å². The van der Waals surface area contributed by atoms with Crippen molar-refractivity contribution in [3.63, 3.8) is 0 Å². The van der Waals surface area contributed by atoms with Crippen LogP contribution in [0.1, 0.15) is 28.9 Å². The van der Waals surface area contributed by atoms with Gasteiger partial charge in [-0.3, -0.25) is 4.79 Å². The van der Waals surface area contributed by atoms with Gasteiger partial charge >= 0.3 is 0 Å². The third kappa shape index (κ3) is 2.98. The Morgan fingerprint density at radius 1 is 1.30 bits per heavy atom. The fraction of sp³-hybridized carbons (Fsp3) is 0.211. The van der Waals surface area contributed by atoms with E-state index in [-0.39, 0.29) is 11.9 Å². The summed E-state index contributed by atoms with van der Waals surface area (Å²) in [5.41, 5.74) is 7.05. The van der Waals surface area contributed by atoms with Crippen LogP contribution in [0, 0.1) is 5.92 Å². The Hall–Kier alpha value is -2.59. The molecule has 0 aliphatic carbocycles. The van der Waals surface area contributed by atoms with Crippen molar-refractivity contribution < 1.29 is 4.79 Å². The van der Waals surface area contributed by atoms with E-state index in [4.69, 9.17) is 0 Å². The highest BCUT2D eigenvalue weighted by molar-refractivity contribution is 6.04. The Morgan fingerprint density at radius 2 is 2.04 bits per heavy atom. The van der Waals surface area contributed by atoms with Crippen LogP contribution in [0.15, 0.2) is 61.2 Å². The van der Waals surface area contributed by atoms with E-state index in [0.29, 0.717) is 11.5 Å². The molecule has 0 spiro atoms. The van der Waals surface area contributed by atoms with Gasteiger partial charge < -0.3 is 10.7 Å². The minimum absolute atomic E-state index is 0.0989. The minimum Gasteiger partial charge on any atom is -0.322 e. The predicted molar refractivity (Wildman–Crippen MR) is 94.3 cm³/mol. The molecule has 0 radical (unpaired) electrons. The molecule has 2 atom stereocenters. The van der Waals surface area contributed by atoms with Crippen LogP contribution >= 0.6 is 0 Å². The van der Waals surface area contributed by atoms with Gasteiger partial charge in [0.1, 0.15) is 0 Å². The second-order valence-electron chi connectivity index (χ2n) is 5.88. The highest BCUT2D eigenvalue weighted by Gasteiger charge is 2.30. The number of anilines is 2. The quantitative estimate of drug-likeness (QED) is 0.837. The van der Waals surface area contributed by atoms with Crippen molar-refractivity contribution in [3.8, 4) is 0 Å². The molecule has 1 heterocycles. The zero-order valence-electron chi connectivity index (χ0n) is 13.4. The average Bonchev–Trinajstić information content (AvgIpc) is 2.90. The number of carbonyl (C=O) groups is 1. The molecule has 2 N–H and O–H groups in total. The summed E-state index contributed by atoms with van der Waals surface area (Å²) < 4.78 is 0. The molecule has 2 unspecified atom stereocenters. The third-order valence-electron chi connectivity index (χ3n) is 4.25. The number of rotatable bonds is 4. The molecule has 118 valence electrons. The summed E-state index contributed by atoms with van der Waals surface area (Å²) in [6.45, 7) is 6.04. The number of benzene rings is 2. The standard InChI is InChI=1S/C19H21N3O/c1-4-13(2)18-16-12-15(10-11-17(16)21-22(18)3)20-19(23)14-8-6-5-7-9-14/h4-13,18,21H,1H2,2-3H3,(H,20,23). The van der Waals surface area contributed by atoms with Crippen molar-refractivity contribution in [2.24, 2.45) is 5.92 Å². The SMILES string of the molecule is C=CC(C)C1c2cc(NC(=O)c3ccccc3)ccc2NN1C. The second-order valence-corrected chi connectivity index (χ2v) is 5.88. The molecule has 2 aromatic rings. The molecule has 0 saturated carbocycles. The lowest BCUT2D eigenvalue weighted by Crippen LogP contribution is -2.26. The summed E-state index contributed by atoms with van der Waals surface area (Å²) in [4.78, 5) is 12.3. The van der Waals surface area contributed by atoms with Gasteiger partial charge in [-0.25, -0.2) is 5.01 Å². The first kappa shape index (κ1) is 15.3. The maximum atomic E-state index is 12.3. The summed E-state index contributed by atoms with van der Waals surface area (Å²) in [5, 5.41) is 5.05.